The SMILES string of the molecule is Cc1ccc(Oc2ccc(N3C(=S)N[C@@H](c4ccccn4)[C@@H]3c3cccn3-c3ccccc3F)cc2)cc1. The minimum Gasteiger partial charge on any atom is -0.457 e. The van der Waals surface area contributed by atoms with Gasteiger partial charge in [0.15, 0.2) is 5.11 Å². The minimum atomic E-state index is -0.294. The summed E-state index contributed by atoms with van der Waals surface area (Å²) in [6, 6.07) is 31.8. The van der Waals surface area contributed by atoms with Gasteiger partial charge in [-0.05, 0) is 91.9 Å². The Bertz CT molecular complexity index is 1570. The van der Waals surface area contributed by atoms with E-state index in [2.05, 4.69) is 15.2 Å². The van der Waals surface area contributed by atoms with Gasteiger partial charge in [-0.25, -0.2) is 4.39 Å². The Morgan fingerprint density at radius 3 is 2.26 bits per heavy atom. The Morgan fingerprint density at radius 2 is 1.55 bits per heavy atom. The van der Waals surface area contributed by atoms with Crippen LogP contribution in [0.25, 0.3) is 5.69 Å². The van der Waals surface area contributed by atoms with Crippen LogP contribution < -0.4 is 15.0 Å². The first-order chi connectivity index (χ1) is 18.6. The van der Waals surface area contributed by atoms with E-state index in [1.165, 1.54) is 11.6 Å². The summed E-state index contributed by atoms with van der Waals surface area (Å²) >= 11 is 5.86. The van der Waals surface area contributed by atoms with Crippen LogP contribution in [-0.2, 0) is 0 Å². The third-order valence-electron chi connectivity index (χ3n) is 6.66. The fourth-order valence-electron chi connectivity index (χ4n) is 4.85. The lowest BCUT2D eigenvalue weighted by Crippen LogP contribution is -2.30. The van der Waals surface area contributed by atoms with E-state index < -0.39 is 0 Å². The summed E-state index contributed by atoms with van der Waals surface area (Å²) in [5.74, 6) is 1.21. The average Bonchev–Trinajstić information content (AvgIpc) is 3.55. The average molecular weight is 521 g/mol. The van der Waals surface area contributed by atoms with Crippen LogP contribution in [0.5, 0.6) is 11.5 Å². The fourth-order valence-corrected chi connectivity index (χ4v) is 5.20. The largest absolute Gasteiger partial charge is 0.457 e. The van der Waals surface area contributed by atoms with Crippen molar-refractivity contribution in [2.24, 2.45) is 0 Å². The number of halogens is 1. The van der Waals surface area contributed by atoms with Gasteiger partial charge in [0.1, 0.15) is 23.4 Å². The Kier molecular flexibility index (Phi) is 6.35. The molecule has 0 bridgehead atoms. The number of aromatic nitrogens is 2. The second-order valence-electron chi connectivity index (χ2n) is 9.16. The number of hydrogen-bond donors (Lipinski definition) is 1. The second kappa shape index (κ2) is 10.1. The monoisotopic (exact) mass is 520 g/mol. The Balaban J connectivity index is 1.40. The first-order valence-corrected chi connectivity index (χ1v) is 12.8. The topological polar surface area (TPSA) is 42.3 Å². The van der Waals surface area contributed by atoms with Gasteiger partial charge >= 0.3 is 0 Å². The van der Waals surface area contributed by atoms with Crippen molar-refractivity contribution in [3.63, 3.8) is 0 Å². The molecule has 0 radical (unpaired) electrons. The molecule has 2 aromatic heterocycles. The number of aryl methyl sites for hydroxylation is 1. The van der Waals surface area contributed by atoms with Crippen molar-refractivity contribution in [3.05, 3.63) is 138 Å². The smallest absolute Gasteiger partial charge is 0.174 e. The van der Waals surface area contributed by atoms with Crippen molar-refractivity contribution >= 4 is 23.0 Å². The van der Waals surface area contributed by atoms with Crippen LogP contribution in [0.1, 0.15) is 29.0 Å². The fraction of sp³-hybridized carbons (Fsp3) is 0.0968. The molecule has 3 heterocycles. The molecular weight excluding hydrogens is 495 g/mol. The van der Waals surface area contributed by atoms with Crippen LogP contribution in [0, 0.1) is 12.7 Å². The molecule has 0 saturated carbocycles. The van der Waals surface area contributed by atoms with Gasteiger partial charge in [-0.2, -0.15) is 0 Å². The number of hydrogen-bond acceptors (Lipinski definition) is 3. The predicted molar refractivity (Wildman–Crippen MR) is 151 cm³/mol. The van der Waals surface area contributed by atoms with Crippen molar-refractivity contribution in [3.8, 4) is 17.2 Å². The van der Waals surface area contributed by atoms with Crippen LogP contribution in [0.2, 0.25) is 0 Å². The summed E-state index contributed by atoms with van der Waals surface area (Å²) in [6.07, 6.45) is 3.65. The van der Waals surface area contributed by atoms with Crippen molar-refractivity contribution in [2.75, 3.05) is 4.90 Å². The zero-order valence-electron chi connectivity index (χ0n) is 20.7. The van der Waals surface area contributed by atoms with Crippen LogP contribution in [0.3, 0.4) is 0 Å². The van der Waals surface area contributed by atoms with Gasteiger partial charge in [0.05, 0.1) is 17.4 Å². The lowest BCUT2D eigenvalue weighted by Gasteiger charge is -2.29. The summed E-state index contributed by atoms with van der Waals surface area (Å²) in [5, 5.41) is 4.04. The molecule has 0 aliphatic carbocycles. The van der Waals surface area contributed by atoms with Crippen molar-refractivity contribution < 1.29 is 9.13 Å². The molecule has 0 amide bonds. The molecule has 2 atom stereocenters. The standard InChI is InChI=1S/C31H25FN4OS/c1-21-11-15-23(16-12-21)37-24-17-13-22(14-18-24)36-30(29(34-31(36)38)26-8-4-5-19-33-26)28-10-6-20-35(28)27-9-3-2-7-25(27)32/h2-20,29-30H,1H3,(H,34,38)/t29-,30-/m0/s1. The van der Waals surface area contributed by atoms with E-state index >= 15 is 0 Å². The Hall–Kier alpha value is -4.49. The number of rotatable bonds is 6. The molecule has 5 nitrogen and oxygen atoms in total. The molecule has 1 saturated heterocycles. The van der Waals surface area contributed by atoms with Gasteiger partial charge in [0, 0.05) is 23.8 Å². The molecule has 1 fully saturated rings. The summed E-state index contributed by atoms with van der Waals surface area (Å²) in [6.45, 7) is 2.04. The lowest BCUT2D eigenvalue weighted by molar-refractivity contribution is 0.482. The minimum absolute atomic E-state index is 0.243. The van der Waals surface area contributed by atoms with Crippen molar-refractivity contribution in [1.29, 1.82) is 0 Å². The van der Waals surface area contributed by atoms with Gasteiger partial charge in [-0.3, -0.25) is 4.98 Å². The Labute approximate surface area is 226 Å². The summed E-state index contributed by atoms with van der Waals surface area (Å²) < 4.78 is 22.8. The summed E-state index contributed by atoms with van der Waals surface area (Å²) in [7, 11) is 0. The van der Waals surface area contributed by atoms with Gasteiger partial charge in [-0.1, -0.05) is 35.9 Å². The van der Waals surface area contributed by atoms with E-state index in [9.17, 15) is 4.39 Å². The zero-order chi connectivity index (χ0) is 26.1. The number of nitrogens with zero attached hydrogens (tertiary/aromatic N) is 3. The molecule has 188 valence electrons. The van der Waals surface area contributed by atoms with E-state index in [-0.39, 0.29) is 17.9 Å². The summed E-state index contributed by atoms with van der Waals surface area (Å²) in [5.41, 5.74) is 4.28. The lowest BCUT2D eigenvalue weighted by atomic mass is 10.0. The maximum atomic E-state index is 14.9. The molecule has 1 N–H and O–H groups in total. The molecular formula is C31H25FN4OS. The van der Waals surface area contributed by atoms with Crippen LogP contribution >= 0.6 is 12.2 Å². The maximum absolute atomic E-state index is 14.9. The van der Waals surface area contributed by atoms with E-state index in [4.69, 9.17) is 17.0 Å². The molecule has 5 aromatic rings. The quantitative estimate of drug-likeness (QED) is 0.238. The number of pyridine rings is 1. The molecule has 0 unspecified atom stereocenters. The van der Waals surface area contributed by atoms with Crippen molar-refractivity contribution in [1.82, 2.24) is 14.9 Å². The molecule has 7 heteroatoms. The molecule has 0 spiro atoms. The maximum Gasteiger partial charge on any atom is 0.174 e. The molecule has 1 aliphatic rings. The molecule has 3 aromatic carbocycles. The highest BCUT2D eigenvalue weighted by Crippen LogP contribution is 2.42. The molecule has 38 heavy (non-hydrogen) atoms. The van der Waals surface area contributed by atoms with Crippen molar-refractivity contribution in [2.45, 2.75) is 19.0 Å². The third-order valence-corrected chi connectivity index (χ3v) is 6.98. The first kappa shape index (κ1) is 23.9. The number of ether oxygens (including phenoxy) is 1. The Morgan fingerprint density at radius 1 is 0.842 bits per heavy atom. The third kappa shape index (κ3) is 4.53. The number of thiocarbonyl (C=S) groups is 1. The van der Waals surface area contributed by atoms with Gasteiger partial charge in [0.2, 0.25) is 0 Å². The first-order valence-electron chi connectivity index (χ1n) is 12.4. The number of benzene rings is 3. The number of para-hydroxylation sites is 1. The normalized spacial score (nSPS) is 16.9. The van der Waals surface area contributed by atoms with Gasteiger partial charge in [0.25, 0.3) is 0 Å². The predicted octanol–water partition coefficient (Wildman–Crippen LogP) is 7.29. The van der Waals surface area contributed by atoms with Gasteiger partial charge < -0.3 is 19.5 Å². The highest BCUT2D eigenvalue weighted by molar-refractivity contribution is 7.80. The molecule has 6 rings (SSSR count). The highest BCUT2D eigenvalue weighted by atomic mass is 32.1. The number of anilines is 1. The van der Waals surface area contributed by atoms with E-state index in [0.717, 1.165) is 28.6 Å². The van der Waals surface area contributed by atoms with E-state index in [1.807, 2.05) is 103 Å². The van der Waals surface area contributed by atoms with Crippen LogP contribution in [0.4, 0.5) is 10.1 Å². The second-order valence-corrected chi connectivity index (χ2v) is 9.55. The highest BCUT2D eigenvalue weighted by Gasteiger charge is 2.42. The summed E-state index contributed by atoms with van der Waals surface area (Å²) in [4.78, 5) is 6.68. The van der Waals surface area contributed by atoms with Crippen LogP contribution in [-0.4, -0.2) is 14.7 Å². The van der Waals surface area contributed by atoms with Crippen LogP contribution in [0.15, 0.2) is 116 Å². The molecule has 1 aliphatic heterocycles. The van der Waals surface area contributed by atoms with E-state index in [0.29, 0.717) is 10.8 Å². The van der Waals surface area contributed by atoms with E-state index in [1.54, 1.807) is 18.3 Å². The number of nitrogens with one attached hydrogen (secondary N) is 1. The van der Waals surface area contributed by atoms with Gasteiger partial charge in [-0.15, -0.1) is 0 Å². The zero-order valence-corrected chi connectivity index (χ0v) is 21.5.